The number of carbonyl (C=O) groups excluding carboxylic acids is 3. The van der Waals surface area contributed by atoms with E-state index in [0.29, 0.717) is 0 Å². The maximum atomic E-state index is 12.9. The van der Waals surface area contributed by atoms with E-state index >= 15 is 0 Å². The minimum Gasteiger partial charge on any atom is -0.394 e. The van der Waals surface area contributed by atoms with E-state index in [4.69, 9.17) is 71.1 Å². The van der Waals surface area contributed by atoms with Crippen molar-refractivity contribution in [1.82, 2.24) is 16.0 Å². The van der Waals surface area contributed by atoms with Gasteiger partial charge in [0.25, 0.3) is 0 Å². The monoisotopic (exact) mass is 1440 g/mol. The van der Waals surface area contributed by atoms with Gasteiger partial charge in [-0.1, -0.05) is 0 Å². The number of carbonyl (C=O) groups is 3. The van der Waals surface area contributed by atoms with Crippen LogP contribution in [0.25, 0.3) is 0 Å². The Hall–Kier alpha value is -3.11. The average molecular weight is 1440 g/mol. The SMILES string of the molecule is CC(=O)N[C@@H]1[C@@H](O[C@@H]2[C@@H](O)[C@@H](O[C@@H]3[C@H](O)[C@@H](NC(C)=O)[C@@H](OC[C@H]4O[C@@H](O[C@@H]5[C@@H](O)[C@H](O)C(O)O[C@@H]5CO)[C@@H](O)[C@@H](OC5O[C@H](CO)[C@@H](O)[C@H](O[C@H]6O[C@@H](CO)[C@@H](O)[C@H](O)[C@H]6O)[C@@H]5NC(C)=O)[C@H]4O)O[C@H]3CO)O[C@@H](CO)[C@H]2O)O[C@@H](CO)[C@H](O)[C@@H]1O[C@H]1O[C@@H](CO)[C@@H](O)[C@H](O)[C@H]1O. The first-order valence-corrected chi connectivity index (χ1v) is 31.1. The van der Waals surface area contributed by atoms with E-state index in [-0.39, 0.29) is 0 Å². The van der Waals surface area contributed by atoms with E-state index in [9.17, 15) is 132 Å². The van der Waals surface area contributed by atoms with Crippen molar-refractivity contribution in [3.8, 4) is 0 Å². The first-order chi connectivity index (χ1) is 46.4. The molecule has 8 fully saturated rings. The molecule has 8 aliphatic heterocycles. The molecule has 3 amide bonds. The molecule has 8 heterocycles. The van der Waals surface area contributed by atoms with E-state index in [1.165, 1.54) is 0 Å². The predicted molar refractivity (Wildman–Crippen MR) is 299 cm³/mol. The molecule has 44 heteroatoms. The molecule has 8 aliphatic rings. The highest BCUT2D eigenvalue weighted by atomic mass is 16.8. The van der Waals surface area contributed by atoms with Crippen LogP contribution in [0.15, 0.2) is 0 Å². The van der Waals surface area contributed by atoms with Gasteiger partial charge in [0.05, 0.1) is 52.9 Å². The van der Waals surface area contributed by atoms with E-state index in [0.717, 1.165) is 20.8 Å². The number of aliphatic hydroxyl groups is 23. The Labute approximate surface area is 554 Å². The summed E-state index contributed by atoms with van der Waals surface area (Å²) in [5.41, 5.74) is 0. The van der Waals surface area contributed by atoms with Crippen LogP contribution >= 0.6 is 0 Å². The highest BCUT2D eigenvalue weighted by molar-refractivity contribution is 5.74. The summed E-state index contributed by atoms with van der Waals surface area (Å²) in [5, 5.41) is 257. The summed E-state index contributed by atoms with van der Waals surface area (Å²) in [7, 11) is 0. The van der Waals surface area contributed by atoms with Gasteiger partial charge in [0.15, 0.2) is 50.3 Å². The first kappa shape index (κ1) is 80.6. The average Bonchev–Trinajstić information content (AvgIpc) is 0.774. The molecule has 8 rings (SSSR count). The molecule has 0 bridgehead atoms. The van der Waals surface area contributed by atoms with E-state index in [1.54, 1.807) is 0 Å². The van der Waals surface area contributed by atoms with E-state index in [1.807, 2.05) is 0 Å². The summed E-state index contributed by atoms with van der Waals surface area (Å²) >= 11 is 0. The van der Waals surface area contributed by atoms with E-state index in [2.05, 4.69) is 16.0 Å². The number of nitrogens with one attached hydrogen (secondary N) is 3. The molecule has 0 spiro atoms. The molecule has 0 aliphatic carbocycles. The molecule has 2 unspecified atom stereocenters. The molecule has 40 atom stereocenters. The second-order valence-corrected chi connectivity index (χ2v) is 24.6. The largest absolute Gasteiger partial charge is 0.394 e. The van der Waals surface area contributed by atoms with Crippen LogP contribution in [0.2, 0.25) is 0 Å². The van der Waals surface area contributed by atoms with Crippen LogP contribution < -0.4 is 16.0 Å². The van der Waals surface area contributed by atoms with Gasteiger partial charge in [-0.15, -0.1) is 0 Å². The van der Waals surface area contributed by atoms with Crippen LogP contribution in [0.4, 0.5) is 0 Å². The van der Waals surface area contributed by atoms with Crippen LogP contribution in [-0.2, 0) is 85.4 Å². The molecular weight excluding hydrogens is 1350 g/mol. The van der Waals surface area contributed by atoms with Crippen molar-refractivity contribution in [2.24, 2.45) is 0 Å². The van der Waals surface area contributed by atoms with Crippen LogP contribution in [0, 0.1) is 0 Å². The van der Waals surface area contributed by atoms with Crippen LogP contribution in [0.1, 0.15) is 20.8 Å². The molecule has 26 N–H and O–H groups in total. The lowest BCUT2D eigenvalue weighted by Gasteiger charge is -2.50. The van der Waals surface area contributed by atoms with Crippen molar-refractivity contribution in [3.05, 3.63) is 0 Å². The Bertz CT molecular complexity index is 2510. The third-order valence-electron chi connectivity index (χ3n) is 17.8. The van der Waals surface area contributed by atoms with Gasteiger partial charge in [0.1, 0.15) is 195 Å². The van der Waals surface area contributed by atoms with Gasteiger partial charge in [0.2, 0.25) is 17.7 Å². The van der Waals surface area contributed by atoms with Gasteiger partial charge in [-0.3, -0.25) is 14.4 Å². The minimum atomic E-state index is -2.36. The molecule has 98 heavy (non-hydrogen) atoms. The molecule has 8 saturated heterocycles. The highest BCUT2D eigenvalue weighted by Gasteiger charge is 2.60. The number of amides is 3. The molecule has 0 radical (unpaired) electrons. The van der Waals surface area contributed by atoms with Crippen molar-refractivity contribution in [3.63, 3.8) is 0 Å². The molecular formula is C54H91N3O41. The predicted octanol–water partition coefficient (Wildman–Crippen LogP) is -18.0. The van der Waals surface area contributed by atoms with Gasteiger partial charge in [-0.2, -0.15) is 0 Å². The fourth-order valence-corrected chi connectivity index (χ4v) is 12.6. The van der Waals surface area contributed by atoms with Gasteiger partial charge in [0, 0.05) is 20.8 Å². The van der Waals surface area contributed by atoms with Gasteiger partial charge < -0.3 is 204 Å². The molecule has 0 aromatic carbocycles. The highest BCUT2D eigenvalue weighted by Crippen LogP contribution is 2.39. The summed E-state index contributed by atoms with van der Waals surface area (Å²) in [5.74, 6) is -2.71. The lowest BCUT2D eigenvalue weighted by Crippen LogP contribution is -2.70. The van der Waals surface area contributed by atoms with Crippen molar-refractivity contribution in [2.75, 3.05) is 52.9 Å². The third-order valence-corrected chi connectivity index (χ3v) is 17.8. The standard InChI is InChI=1S/C54H91N3O41/c1-12(65)55-23-32(74)41(93-53-39(81)45(30(72)19(8-62)90-53)97-49-24(56-13(2)66)43(28(70)17(6-60)86-49)95-51-37(79)33(75)26(68)15(4-58)88-51)21(10-64)91-48(23)84-11-22-31(73)46(40(82)54(92-22)94-42-20(9-63)85-47(83)36(78)35(42)77)98-50-25(57-14(3)67)44(29(71)18(7-61)87-50)96-52-38(80)34(76)27(69)16(5-59)89-52/h15-54,58-64,68-83H,4-11H2,1-3H3,(H,55,65)(H,56,66)(H,57,67)/t15-,16-,17-,18+,19-,20+,21-,22+,23+,24-,25-,26+,27+,28-,29+,30+,31-,32+,33-,34-,35-,36-,37+,38+,39+,40-,41-,42-,43+,44+,45-,46-,47?,48-,49+,50?,51+,52+,53+,54-/m0/s1. The van der Waals surface area contributed by atoms with Crippen molar-refractivity contribution < 1.29 is 203 Å². The summed E-state index contributed by atoms with van der Waals surface area (Å²) < 4.78 is 87.2. The Morgan fingerprint density at radius 1 is 0.265 bits per heavy atom. The van der Waals surface area contributed by atoms with Gasteiger partial charge >= 0.3 is 0 Å². The number of ether oxygens (including phenoxy) is 15. The lowest BCUT2D eigenvalue weighted by molar-refractivity contribution is -0.385. The Balaban J connectivity index is 1.05. The maximum absolute atomic E-state index is 12.9. The zero-order valence-corrected chi connectivity index (χ0v) is 52.4. The number of hydrogen-bond donors (Lipinski definition) is 26. The molecule has 0 saturated carbocycles. The topological polar surface area (TPSA) is 691 Å². The Morgan fingerprint density at radius 3 is 0.939 bits per heavy atom. The quantitative estimate of drug-likeness (QED) is 0.0404. The summed E-state index contributed by atoms with van der Waals surface area (Å²) in [6.07, 6.45) is -74.1. The second-order valence-electron chi connectivity index (χ2n) is 24.6. The van der Waals surface area contributed by atoms with Crippen LogP contribution in [0.5, 0.6) is 0 Å². The van der Waals surface area contributed by atoms with Crippen molar-refractivity contribution in [2.45, 2.75) is 266 Å². The second kappa shape index (κ2) is 35.1. The third kappa shape index (κ3) is 17.5. The summed E-state index contributed by atoms with van der Waals surface area (Å²) in [6, 6.07) is -5.51. The molecule has 0 aromatic rings. The minimum absolute atomic E-state index is 0.878. The van der Waals surface area contributed by atoms with Crippen LogP contribution in [-0.4, -0.2) is 433 Å². The van der Waals surface area contributed by atoms with Crippen molar-refractivity contribution >= 4 is 17.7 Å². The summed E-state index contributed by atoms with van der Waals surface area (Å²) in [4.78, 5) is 38.6. The Kier molecular flexibility index (Phi) is 28.9. The lowest BCUT2D eigenvalue weighted by atomic mass is 9.94. The molecule has 44 nitrogen and oxygen atoms in total. The number of hydrogen-bond acceptors (Lipinski definition) is 41. The normalized spacial score (nSPS) is 49.5. The maximum Gasteiger partial charge on any atom is 0.217 e. The fourth-order valence-electron chi connectivity index (χ4n) is 12.6. The van der Waals surface area contributed by atoms with Gasteiger partial charge in [-0.25, -0.2) is 0 Å². The zero-order valence-electron chi connectivity index (χ0n) is 52.4. The zero-order chi connectivity index (χ0) is 72.2. The fraction of sp³-hybridized carbons (Fsp3) is 0.944. The number of aliphatic hydroxyl groups excluding tert-OH is 23. The van der Waals surface area contributed by atoms with Crippen LogP contribution in [0.3, 0.4) is 0 Å². The Morgan fingerprint density at radius 2 is 0.551 bits per heavy atom. The number of rotatable bonds is 25. The summed E-state index contributed by atoms with van der Waals surface area (Å²) in [6.45, 7) is -5.37. The van der Waals surface area contributed by atoms with Crippen molar-refractivity contribution in [1.29, 1.82) is 0 Å². The molecule has 568 valence electrons. The van der Waals surface area contributed by atoms with E-state index < -0.39 is 316 Å². The van der Waals surface area contributed by atoms with Gasteiger partial charge in [-0.05, 0) is 0 Å². The molecule has 0 aromatic heterocycles. The smallest absolute Gasteiger partial charge is 0.217 e. The first-order valence-electron chi connectivity index (χ1n) is 31.1.